The van der Waals surface area contributed by atoms with Crippen LogP contribution in [0.4, 0.5) is 0 Å². The Morgan fingerprint density at radius 2 is 0.935 bits per heavy atom. The fraction of sp³-hybridized carbons (Fsp3) is 0.897. The van der Waals surface area contributed by atoms with Gasteiger partial charge in [-0.2, -0.15) is 0 Å². The van der Waals surface area contributed by atoms with E-state index >= 15 is 0 Å². The summed E-state index contributed by atoms with van der Waals surface area (Å²) < 4.78 is 4.88. The fourth-order valence-electron chi connectivity index (χ4n) is 4.80. The maximum Gasteiger partial charge on any atom is 0.256 e. The second-order valence-corrected chi connectivity index (χ2v) is 9.99. The molecule has 182 valence electrons. The van der Waals surface area contributed by atoms with Crippen LogP contribution in [0.3, 0.4) is 0 Å². The molecule has 0 aliphatic rings. The molecule has 1 rings (SSSR count). The van der Waals surface area contributed by atoms with Crippen molar-refractivity contribution < 1.29 is 4.57 Å². The van der Waals surface area contributed by atoms with E-state index in [9.17, 15) is 0 Å². The fourth-order valence-corrected chi connectivity index (χ4v) is 4.80. The number of hydrogen-bond acceptors (Lipinski definition) is 0. The van der Waals surface area contributed by atoms with Gasteiger partial charge in [0.05, 0.1) is 13.6 Å². The lowest BCUT2D eigenvalue weighted by Crippen LogP contribution is -2.32. The van der Waals surface area contributed by atoms with E-state index in [1.165, 1.54) is 154 Å². The zero-order chi connectivity index (χ0) is 22.4. The molecule has 0 aliphatic heterocycles. The molecular weight excluding hydrogens is 376 g/mol. The zero-order valence-corrected chi connectivity index (χ0v) is 21.8. The summed E-state index contributed by atoms with van der Waals surface area (Å²) in [4.78, 5) is 0. The molecule has 1 heterocycles. The van der Waals surface area contributed by atoms with Crippen molar-refractivity contribution in [3.63, 3.8) is 0 Å². The molecule has 1 aromatic rings. The molecular formula is C29H57N2+. The van der Waals surface area contributed by atoms with Gasteiger partial charge in [0.1, 0.15) is 12.4 Å². The molecule has 0 unspecified atom stereocenters. The van der Waals surface area contributed by atoms with Gasteiger partial charge in [-0.05, 0) is 19.3 Å². The van der Waals surface area contributed by atoms with Gasteiger partial charge in [0.15, 0.2) is 0 Å². The quantitative estimate of drug-likeness (QED) is 0.120. The molecule has 0 amide bonds. The van der Waals surface area contributed by atoms with Crippen molar-refractivity contribution in [2.24, 2.45) is 7.05 Å². The highest BCUT2D eigenvalue weighted by Crippen LogP contribution is 2.14. The van der Waals surface area contributed by atoms with E-state index < -0.39 is 0 Å². The van der Waals surface area contributed by atoms with E-state index in [1.54, 1.807) is 0 Å². The summed E-state index contributed by atoms with van der Waals surface area (Å²) in [7, 11) is 2.23. The highest BCUT2D eigenvalue weighted by atomic mass is 15.1. The Morgan fingerprint density at radius 1 is 0.548 bits per heavy atom. The number of hydrogen-bond donors (Lipinski definition) is 0. The standard InChI is InChI=1S/C29H57N2/c1-4-6-8-10-12-14-16-17-19-21-23-25-29-30(3)27-28-31(29)26-24-22-20-18-15-13-11-9-7-5-2/h27-28H,4-26H2,1-3H3/q+1. The lowest BCUT2D eigenvalue weighted by Gasteiger charge is -2.05. The van der Waals surface area contributed by atoms with Crippen molar-refractivity contribution >= 4 is 0 Å². The third-order valence-corrected chi connectivity index (χ3v) is 6.97. The molecule has 1 aromatic heterocycles. The van der Waals surface area contributed by atoms with Crippen LogP contribution in [0.1, 0.15) is 155 Å². The minimum Gasteiger partial charge on any atom is -0.237 e. The van der Waals surface area contributed by atoms with Gasteiger partial charge < -0.3 is 0 Å². The van der Waals surface area contributed by atoms with Crippen LogP contribution in [-0.4, -0.2) is 4.57 Å². The van der Waals surface area contributed by atoms with Crippen LogP contribution in [0.25, 0.3) is 0 Å². The monoisotopic (exact) mass is 433 g/mol. The SMILES string of the molecule is CCCCCCCCCCCCCc1n(CCCCCCCCCCCC)cc[n+]1C. The van der Waals surface area contributed by atoms with E-state index in [4.69, 9.17) is 0 Å². The second kappa shape index (κ2) is 21.1. The molecule has 0 radical (unpaired) electrons. The number of nitrogens with zero attached hydrogens (tertiary/aromatic N) is 2. The molecule has 0 saturated carbocycles. The van der Waals surface area contributed by atoms with Crippen molar-refractivity contribution in [3.8, 4) is 0 Å². The smallest absolute Gasteiger partial charge is 0.237 e. The Kier molecular flexibility index (Phi) is 19.2. The lowest BCUT2D eigenvalue weighted by molar-refractivity contribution is -0.678. The molecule has 0 bridgehead atoms. The third kappa shape index (κ3) is 15.6. The van der Waals surface area contributed by atoms with Gasteiger partial charge in [0.2, 0.25) is 0 Å². The molecule has 2 nitrogen and oxygen atoms in total. The van der Waals surface area contributed by atoms with Crippen molar-refractivity contribution in [2.45, 2.75) is 162 Å². The average Bonchev–Trinajstić information content (AvgIpc) is 3.12. The van der Waals surface area contributed by atoms with Crippen LogP contribution in [0.15, 0.2) is 12.4 Å². The first kappa shape index (κ1) is 28.2. The third-order valence-electron chi connectivity index (χ3n) is 6.97. The van der Waals surface area contributed by atoms with E-state index in [-0.39, 0.29) is 0 Å². The Labute approximate surface area is 196 Å². The summed E-state index contributed by atoms with van der Waals surface area (Å²) in [5.41, 5.74) is 0. The summed E-state index contributed by atoms with van der Waals surface area (Å²) in [6.07, 6.45) is 35.7. The molecule has 0 aliphatic carbocycles. The predicted molar refractivity (Wildman–Crippen MR) is 138 cm³/mol. The van der Waals surface area contributed by atoms with Gasteiger partial charge >= 0.3 is 0 Å². The zero-order valence-electron chi connectivity index (χ0n) is 21.8. The van der Waals surface area contributed by atoms with E-state index in [2.05, 4.69) is 42.4 Å². The van der Waals surface area contributed by atoms with Gasteiger partial charge in [0.25, 0.3) is 5.82 Å². The van der Waals surface area contributed by atoms with E-state index in [0.717, 1.165) is 0 Å². The molecule has 0 spiro atoms. The van der Waals surface area contributed by atoms with Crippen LogP contribution in [0.5, 0.6) is 0 Å². The topological polar surface area (TPSA) is 8.81 Å². The van der Waals surface area contributed by atoms with Crippen LogP contribution in [0, 0.1) is 0 Å². The highest BCUT2D eigenvalue weighted by molar-refractivity contribution is 4.84. The van der Waals surface area contributed by atoms with Crippen molar-refractivity contribution in [2.75, 3.05) is 0 Å². The first-order valence-electron chi connectivity index (χ1n) is 14.3. The normalized spacial score (nSPS) is 11.5. The largest absolute Gasteiger partial charge is 0.256 e. The summed E-state index contributed by atoms with van der Waals surface area (Å²) in [6, 6.07) is 0. The van der Waals surface area contributed by atoms with E-state index in [0.29, 0.717) is 0 Å². The Bertz CT molecular complexity index is 491. The second-order valence-electron chi connectivity index (χ2n) is 9.99. The van der Waals surface area contributed by atoms with Crippen LogP contribution in [0.2, 0.25) is 0 Å². The molecule has 2 heteroatoms. The highest BCUT2D eigenvalue weighted by Gasteiger charge is 2.13. The Balaban J connectivity index is 2.01. The summed E-state index contributed by atoms with van der Waals surface area (Å²) in [6.45, 7) is 5.81. The number of aromatic nitrogens is 2. The molecule has 0 saturated heterocycles. The number of aryl methyl sites for hydroxylation is 2. The minimum atomic E-state index is 1.21. The lowest BCUT2D eigenvalue weighted by atomic mass is 10.1. The van der Waals surface area contributed by atoms with Gasteiger partial charge in [-0.1, -0.05) is 129 Å². The minimum absolute atomic E-state index is 1.21. The maximum atomic E-state index is 2.53. The van der Waals surface area contributed by atoms with Gasteiger partial charge in [-0.25, -0.2) is 9.13 Å². The van der Waals surface area contributed by atoms with Crippen molar-refractivity contribution in [1.29, 1.82) is 0 Å². The average molecular weight is 434 g/mol. The summed E-state index contributed by atoms with van der Waals surface area (Å²) in [5, 5.41) is 0. The Hall–Kier alpha value is -0.790. The number of unbranched alkanes of at least 4 members (excludes halogenated alkanes) is 19. The van der Waals surface area contributed by atoms with Crippen LogP contribution < -0.4 is 4.57 Å². The number of rotatable bonds is 23. The van der Waals surface area contributed by atoms with Crippen LogP contribution in [-0.2, 0) is 20.0 Å². The molecule has 0 aromatic carbocycles. The first-order valence-corrected chi connectivity index (χ1v) is 14.3. The van der Waals surface area contributed by atoms with Gasteiger partial charge in [0, 0.05) is 6.42 Å². The first-order chi connectivity index (χ1) is 15.3. The number of imidazole rings is 1. The van der Waals surface area contributed by atoms with Crippen molar-refractivity contribution in [1.82, 2.24) is 4.57 Å². The van der Waals surface area contributed by atoms with Gasteiger partial charge in [-0.15, -0.1) is 0 Å². The maximum absolute atomic E-state index is 2.53. The predicted octanol–water partition coefficient (Wildman–Crippen LogP) is 9.09. The summed E-state index contributed by atoms with van der Waals surface area (Å²) in [5.74, 6) is 1.53. The molecule has 0 fully saturated rings. The molecule has 0 atom stereocenters. The summed E-state index contributed by atoms with van der Waals surface area (Å²) >= 11 is 0. The molecule has 31 heavy (non-hydrogen) atoms. The molecule has 0 N–H and O–H groups in total. The van der Waals surface area contributed by atoms with Crippen molar-refractivity contribution in [3.05, 3.63) is 18.2 Å². The Morgan fingerprint density at radius 3 is 1.39 bits per heavy atom. The van der Waals surface area contributed by atoms with E-state index in [1.807, 2.05) is 0 Å². The van der Waals surface area contributed by atoms with Crippen LogP contribution >= 0.6 is 0 Å². The van der Waals surface area contributed by atoms with Gasteiger partial charge in [-0.3, -0.25) is 0 Å².